The molecule has 26 heavy (non-hydrogen) atoms. The van der Waals surface area contributed by atoms with Crippen molar-refractivity contribution in [2.24, 2.45) is 11.8 Å². The van der Waals surface area contributed by atoms with Crippen molar-refractivity contribution in [2.45, 2.75) is 36.9 Å². The number of nitrogen functional groups attached to an aromatic ring is 1. The number of nitrogens with zero attached hydrogens (tertiary/aromatic N) is 3. The molecule has 0 spiro atoms. The summed E-state index contributed by atoms with van der Waals surface area (Å²) < 4.78 is 6.59. The Bertz CT molecular complexity index is 771. The van der Waals surface area contributed by atoms with Gasteiger partial charge in [-0.15, -0.1) is 10.2 Å². The molecule has 7 nitrogen and oxygen atoms in total. The molecule has 1 heterocycles. The summed E-state index contributed by atoms with van der Waals surface area (Å²) in [5.41, 5.74) is 0.847. The fourth-order valence-corrected chi connectivity index (χ4v) is 3.87. The lowest BCUT2D eigenvalue weighted by atomic mass is 10.1. The van der Waals surface area contributed by atoms with Crippen molar-refractivity contribution < 1.29 is 9.53 Å². The summed E-state index contributed by atoms with van der Waals surface area (Å²) in [6, 6.07) is 7.82. The molecule has 0 aliphatic heterocycles. The number of rotatable bonds is 8. The first-order chi connectivity index (χ1) is 12.7. The zero-order chi connectivity index (χ0) is 18.1. The van der Waals surface area contributed by atoms with Gasteiger partial charge in [0.05, 0.1) is 12.9 Å². The summed E-state index contributed by atoms with van der Waals surface area (Å²) in [6.07, 6.45) is 4.99. The van der Waals surface area contributed by atoms with Gasteiger partial charge in [-0.2, -0.15) is 0 Å². The van der Waals surface area contributed by atoms with Crippen molar-refractivity contribution in [3.05, 3.63) is 24.3 Å². The Morgan fingerprint density at radius 3 is 2.50 bits per heavy atom. The number of carbonyl (C=O) groups excluding carboxylic acids is 1. The van der Waals surface area contributed by atoms with Crippen LogP contribution in [-0.2, 0) is 4.79 Å². The van der Waals surface area contributed by atoms with E-state index in [2.05, 4.69) is 15.5 Å². The Kier molecular flexibility index (Phi) is 4.76. The smallest absolute Gasteiger partial charge is 0.230 e. The largest absolute Gasteiger partial charge is 0.497 e. The van der Waals surface area contributed by atoms with Gasteiger partial charge < -0.3 is 15.9 Å². The van der Waals surface area contributed by atoms with Crippen LogP contribution in [0.4, 0.5) is 0 Å². The summed E-state index contributed by atoms with van der Waals surface area (Å²) in [6.45, 7) is 0. The monoisotopic (exact) mass is 373 g/mol. The highest BCUT2D eigenvalue weighted by Gasteiger charge is 2.42. The molecule has 1 aromatic heterocycles. The molecule has 0 saturated heterocycles. The van der Waals surface area contributed by atoms with E-state index >= 15 is 0 Å². The Labute approximate surface area is 156 Å². The van der Waals surface area contributed by atoms with Gasteiger partial charge in [-0.1, -0.05) is 11.8 Å². The first kappa shape index (κ1) is 17.2. The van der Waals surface area contributed by atoms with Gasteiger partial charge in [-0.05, 0) is 61.8 Å². The van der Waals surface area contributed by atoms with E-state index in [-0.39, 0.29) is 5.91 Å². The summed E-state index contributed by atoms with van der Waals surface area (Å²) >= 11 is 1.31. The molecule has 8 heteroatoms. The number of hydrogen-bond donors (Lipinski definition) is 2. The van der Waals surface area contributed by atoms with E-state index in [4.69, 9.17) is 10.6 Å². The van der Waals surface area contributed by atoms with Crippen molar-refractivity contribution in [1.82, 2.24) is 20.2 Å². The summed E-state index contributed by atoms with van der Waals surface area (Å²) in [7, 11) is 1.62. The molecule has 2 saturated carbocycles. The molecule has 0 unspecified atom stereocenters. The predicted molar refractivity (Wildman–Crippen MR) is 100 cm³/mol. The summed E-state index contributed by atoms with van der Waals surface area (Å²) in [4.78, 5) is 12.3. The lowest BCUT2D eigenvalue weighted by Gasteiger charge is -2.17. The van der Waals surface area contributed by atoms with Crippen LogP contribution >= 0.6 is 11.8 Å². The van der Waals surface area contributed by atoms with Crippen LogP contribution < -0.4 is 15.9 Å². The van der Waals surface area contributed by atoms with E-state index in [1.165, 1.54) is 42.1 Å². The number of aromatic nitrogens is 3. The van der Waals surface area contributed by atoms with E-state index in [1.807, 2.05) is 24.3 Å². The standard InChI is InChI=1S/C18H23N5O2S/c1-25-14-8-6-13(7-9-14)17-21-22-18(23(17)19)26-10-15(24)20-16(11-2-3-11)12-4-5-12/h6-9,11-12,16H,2-5,10,19H2,1H3,(H,20,24). The first-order valence-corrected chi connectivity index (χ1v) is 9.91. The zero-order valence-electron chi connectivity index (χ0n) is 14.7. The van der Waals surface area contributed by atoms with Crippen LogP contribution in [0.3, 0.4) is 0 Å². The fraction of sp³-hybridized carbons (Fsp3) is 0.500. The molecule has 1 aromatic carbocycles. The number of nitrogens with two attached hydrogens (primary N) is 1. The van der Waals surface area contributed by atoms with E-state index in [1.54, 1.807) is 7.11 Å². The normalized spacial score (nSPS) is 16.7. The molecule has 0 radical (unpaired) electrons. The predicted octanol–water partition coefficient (Wildman–Crippen LogP) is 2.06. The molecular formula is C18H23N5O2S. The minimum absolute atomic E-state index is 0.0489. The molecule has 2 fully saturated rings. The highest BCUT2D eigenvalue weighted by atomic mass is 32.2. The third kappa shape index (κ3) is 3.80. The summed E-state index contributed by atoms with van der Waals surface area (Å²) in [5, 5.41) is 12.0. The van der Waals surface area contributed by atoms with Crippen LogP contribution in [0.25, 0.3) is 11.4 Å². The number of ether oxygens (including phenoxy) is 1. The number of amides is 1. The van der Waals surface area contributed by atoms with Gasteiger partial charge in [0.1, 0.15) is 5.75 Å². The average molecular weight is 373 g/mol. The van der Waals surface area contributed by atoms with Crippen LogP contribution in [0.1, 0.15) is 25.7 Å². The quantitative estimate of drug-likeness (QED) is 0.543. The number of hydrogen-bond acceptors (Lipinski definition) is 6. The van der Waals surface area contributed by atoms with Crippen molar-refractivity contribution >= 4 is 17.7 Å². The van der Waals surface area contributed by atoms with Crippen molar-refractivity contribution in [2.75, 3.05) is 18.7 Å². The van der Waals surface area contributed by atoms with Crippen LogP contribution in [0.5, 0.6) is 5.75 Å². The second-order valence-electron chi connectivity index (χ2n) is 6.96. The van der Waals surface area contributed by atoms with E-state index < -0.39 is 0 Å². The highest BCUT2D eigenvalue weighted by Crippen LogP contribution is 2.44. The second kappa shape index (κ2) is 7.19. The molecule has 3 N–H and O–H groups in total. The molecular weight excluding hydrogens is 350 g/mol. The van der Waals surface area contributed by atoms with Crippen molar-refractivity contribution in [3.63, 3.8) is 0 Å². The lowest BCUT2D eigenvalue weighted by molar-refractivity contribution is -0.119. The molecule has 0 bridgehead atoms. The highest BCUT2D eigenvalue weighted by molar-refractivity contribution is 7.99. The van der Waals surface area contributed by atoms with Crippen LogP contribution in [-0.4, -0.2) is 39.7 Å². The van der Waals surface area contributed by atoms with E-state index in [0.717, 1.165) is 11.3 Å². The number of methoxy groups -OCH3 is 1. The van der Waals surface area contributed by atoms with Gasteiger partial charge in [0.15, 0.2) is 5.82 Å². The Morgan fingerprint density at radius 1 is 1.27 bits per heavy atom. The topological polar surface area (TPSA) is 95.1 Å². The maximum absolute atomic E-state index is 12.3. The van der Waals surface area contributed by atoms with E-state index in [9.17, 15) is 4.79 Å². The third-order valence-electron chi connectivity index (χ3n) is 4.93. The van der Waals surface area contributed by atoms with Gasteiger partial charge in [-0.25, -0.2) is 4.68 Å². The van der Waals surface area contributed by atoms with E-state index in [0.29, 0.717) is 34.6 Å². The first-order valence-electron chi connectivity index (χ1n) is 8.93. The second-order valence-corrected chi connectivity index (χ2v) is 7.90. The van der Waals surface area contributed by atoms with Gasteiger partial charge in [0, 0.05) is 11.6 Å². The number of nitrogens with one attached hydrogen (secondary N) is 1. The fourth-order valence-electron chi connectivity index (χ4n) is 3.20. The van der Waals surface area contributed by atoms with Crippen LogP contribution in [0, 0.1) is 11.8 Å². The molecule has 4 rings (SSSR count). The van der Waals surface area contributed by atoms with Gasteiger partial charge in [0.2, 0.25) is 11.1 Å². The van der Waals surface area contributed by atoms with Crippen molar-refractivity contribution in [1.29, 1.82) is 0 Å². The lowest BCUT2D eigenvalue weighted by Crippen LogP contribution is -2.39. The Hall–Kier alpha value is -2.22. The molecule has 138 valence electrons. The summed E-state index contributed by atoms with van der Waals surface area (Å²) in [5.74, 6) is 9.18. The molecule has 0 atom stereocenters. The SMILES string of the molecule is COc1ccc(-c2nnc(SCC(=O)NC(C3CC3)C3CC3)n2N)cc1. The number of benzene rings is 1. The number of thioether (sulfide) groups is 1. The maximum Gasteiger partial charge on any atom is 0.230 e. The Balaban J connectivity index is 1.36. The maximum atomic E-state index is 12.3. The Morgan fingerprint density at radius 2 is 1.92 bits per heavy atom. The average Bonchev–Trinajstić information content (AvgIpc) is 3.57. The molecule has 1 amide bonds. The molecule has 2 aliphatic carbocycles. The van der Waals surface area contributed by atoms with Gasteiger partial charge >= 0.3 is 0 Å². The van der Waals surface area contributed by atoms with Crippen LogP contribution in [0.15, 0.2) is 29.4 Å². The minimum Gasteiger partial charge on any atom is -0.497 e. The van der Waals surface area contributed by atoms with Gasteiger partial charge in [0.25, 0.3) is 0 Å². The van der Waals surface area contributed by atoms with Crippen molar-refractivity contribution in [3.8, 4) is 17.1 Å². The minimum atomic E-state index is 0.0489. The van der Waals surface area contributed by atoms with Gasteiger partial charge in [-0.3, -0.25) is 4.79 Å². The third-order valence-corrected chi connectivity index (χ3v) is 5.88. The molecule has 2 aromatic rings. The van der Waals surface area contributed by atoms with Crippen LogP contribution in [0.2, 0.25) is 0 Å². The number of carbonyl (C=O) groups is 1. The zero-order valence-corrected chi connectivity index (χ0v) is 15.5. The molecule has 2 aliphatic rings.